The van der Waals surface area contributed by atoms with Gasteiger partial charge in [-0.2, -0.15) is 0 Å². The third-order valence-corrected chi connectivity index (χ3v) is 3.66. The van der Waals surface area contributed by atoms with Gasteiger partial charge in [-0.25, -0.2) is 4.79 Å². The minimum Gasteiger partial charge on any atom is -0.502 e. The molecule has 2 rings (SSSR count). The molecular weight excluding hydrogens is 280 g/mol. The van der Waals surface area contributed by atoms with E-state index in [1.807, 2.05) is 30.3 Å². The van der Waals surface area contributed by atoms with Gasteiger partial charge < -0.3 is 20.1 Å². The lowest BCUT2D eigenvalue weighted by atomic mass is 9.87. The summed E-state index contributed by atoms with van der Waals surface area (Å²) in [4.78, 5) is 11.7. The van der Waals surface area contributed by atoms with Gasteiger partial charge in [0.15, 0.2) is 0 Å². The maximum Gasteiger partial charge on any atom is 0.407 e. The molecule has 22 heavy (non-hydrogen) atoms. The monoisotopic (exact) mass is 304 g/mol. The Morgan fingerprint density at radius 3 is 2.77 bits per heavy atom. The Hall–Kier alpha value is -2.01. The number of amides is 1. The first-order valence-corrected chi connectivity index (χ1v) is 7.71. The first kappa shape index (κ1) is 16.4. The molecule has 1 aromatic rings. The third kappa shape index (κ3) is 5.77. The predicted molar refractivity (Wildman–Crippen MR) is 85.3 cm³/mol. The quantitative estimate of drug-likeness (QED) is 0.544. The largest absolute Gasteiger partial charge is 0.502 e. The molecule has 1 amide bonds. The molecule has 0 bridgehead atoms. The van der Waals surface area contributed by atoms with Crippen molar-refractivity contribution in [2.75, 3.05) is 13.2 Å². The summed E-state index contributed by atoms with van der Waals surface area (Å²) in [5.74, 6) is 0. The predicted octanol–water partition coefficient (Wildman–Crippen LogP) is 2.58. The van der Waals surface area contributed by atoms with E-state index in [9.17, 15) is 4.79 Å². The second-order valence-electron chi connectivity index (χ2n) is 5.42. The van der Waals surface area contributed by atoms with Crippen LogP contribution in [0.2, 0.25) is 0 Å². The van der Waals surface area contributed by atoms with Crippen molar-refractivity contribution in [1.29, 1.82) is 0 Å². The number of carbonyl (C=O) groups is 1. The number of benzene rings is 1. The molecule has 0 aliphatic heterocycles. The SMILES string of the molecule is C=COCCCNC1CC(NC(=O)OCc2ccccc2)C1. The number of nitrogens with one attached hydrogen (secondary N) is 2. The highest BCUT2D eigenvalue weighted by atomic mass is 16.5. The molecule has 0 saturated heterocycles. The van der Waals surface area contributed by atoms with Crippen LogP contribution >= 0.6 is 0 Å². The van der Waals surface area contributed by atoms with Crippen LogP contribution in [0.3, 0.4) is 0 Å². The Bertz CT molecular complexity index is 458. The molecule has 1 saturated carbocycles. The van der Waals surface area contributed by atoms with Crippen LogP contribution in [0.5, 0.6) is 0 Å². The smallest absolute Gasteiger partial charge is 0.407 e. The van der Waals surface area contributed by atoms with Gasteiger partial charge >= 0.3 is 6.09 Å². The molecule has 5 nitrogen and oxygen atoms in total. The van der Waals surface area contributed by atoms with Crippen molar-refractivity contribution in [1.82, 2.24) is 10.6 Å². The summed E-state index contributed by atoms with van der Waals surface area (Å²) in [6, 6.07) is 10.4. The highest BCUT2D eigenvalue weighted by Gasteiger charge is 2.29. The first-order valence-electron chi connectivity index (χ1n) is 7.71. The van der Waals surface area contributed by atoms with Crippen LogP contribution in [0.15, 0.2) is 43.2 Å². The third-order valence-electron chi connectivity index (χ3n) is 3.66. The lowest BCUT2D eigenvalue weighted by Crippen LogP contribution is -2.52. The number of alkyl carbamates (subject to hydrolysis) is 1. The van der Waals surface area contributed by atoms with Crippen LogP contribution in [-0.2, 0) is 16.1 Å². The van der Waals surface area contributed by atoms with Gasteiger partial charge in [-0.3, -0.25) is 0 Å². The van der Waals surface area contributed by atoms with Crippen LogP contribution in [0.1, 0.15) is 24.8 Å². The van der Waals surface area contributed by atoms with Crippen molar-refractivity contribution in [2.45, 2.75) is 38.0 Å². The topological polar surface area (TPSA) is 59.6 Å². The molecule has 1 fully saturated rings. The van der Waals surface area contributed by atoms with Crippen molar-refractivity contribution in [3.8, 4) is 0 Å². The number of rotatable bonds is 9. The van der Waals surface area contributed by atoms with E-state index in [4.69, 9.17) is 9.47 Å². The average molecular weight is 304 g/mol. The number of carbonyl (C=O) groups excluding carboxylic acids is 1. The van der Waals surface area contributed by atoms with Crippen LogP contribution in [0, 0.1) is 0 Å². The number of hydrogen-bond donors (Lipinski definition) is 2. The van der Waals surface area contributed by atoms with Gasteiger partial charge in [-0.15, -0.1) is 0 Å². The van der Waals surface area contributed by atoms with Crippen molar-refractivity contribution in [2.24, 2.45) is 0 Å². The fourth-order valence-electron chi connectivity index (χ4n) is 2.38. The second-order valence-corrected chi connectivity index (χ2v) is 5.42. The first-order chi connectivity index (χ1) is 10.8. The highest BCUT2D eigenvalue weighted by molar-refractivity contribution is 5.67. The summed E-state index contributed by atoms with van der Waals surface area (Å²) in [6.07, 6.45) is 3.97. The lowest BCUT2D eigenvalue weighted by Gasteiger charge is -2.36. The normalized spacial score (nSPS) is 19.8. The summed E-state index contributed by atoms with van der Waals surface area (Å²) in [5, 5.41) is 6.32. The van der Waals surface area contributed by atoms with E-state index in [2.05, 4.69) is 17.2 Å². The summed E-state index contributed by atoms with van der Waals surface area (Å²) in [5.41, 5.74) is 0.993. The molecule has 0 spiro atoms. The fraction of sp³-hybridized carbons (Fsp3) is 0.471. The molecule has 0 aromatic heterocycles. The van der Waals surface area contributed by atoms with Gasteiger partial charge in [0.2, 0.25) is 0 Å². The van der Waals surface area contributed by atoms with Gasteiger partial charge in [0.1, 0.15) is 6.61 Å². The zero-order valence-corrected chi connectivity index (χ0v) is 12.8. The van der Waals surface area contributed by atoms with Gasteiger partial charge in [0.25, 0.3) is 0 Å². The minimum absolute atomic E-state index is 0.213. The van der Waals surface area contributed by atoms with Gasteiger partial charge in [0.05, 0.1) is 12.9 Å². The van der Waals surface area contributed by atoms with Crippen LogP contribution in [-0.4, -0.2) is 31.3 Å². The summed E-state index contributed by atoms with van der Waals surface area (Å²) in [6.45, 7) is 5.42. The Kier molecular flexibility index (Phi) is 6.77. The van der Waals surface area contributed by atoms with Crippen molar-refractivity contribution in [3.05, 3.63) is 48.7 Å². The molecule has 2 N–H and O–H groups in total. The Balaban J connectivity index is 1.50. The summed E-state index contributed by atoms with van der Waals surface area (Å²) >= 11 is 0. The molecule has 5 heteroatoms. The number of ether oxygens (including phenoxy) is 2. The Labute approximate surface area is 131 Å². The molecule has 0 unspecified atom stereocenters. The maximum atomic E-state index is 11.7. The van der Waals surface area contributed by atoms with E-state index < -0.39 is 0 Å². The molecule has 1 aliphatic carbocycles. The standard InChI is InChI=1S/C17H24N2O3/c1-2-21-10-6-9-18-15-11-16(12-15)19-17(20)22-13-14-7-4-3-5-8-14/h2-5,7-8,15-16,18H,1,6,9-13H2,(H,19,20). The van der Waals surface area contributed by atoms with Crippen molar-refractivity contribution < 1.29 is 14.3 Å². The van der Waals surface area contributed by atoms with E-state index in [1.165, 1.54) is 6.26 Å². The van der Waals surface area contributed by atoms with E-state index >= 15 is 0 Å². The van der Waals surface area contributed by atoms with Gasteiger partial charge in [-0.1, -0.05) is 36.9 Å². The van der Waals surface area contributed by atoms with Crippen LogP contribution in [0.25, 0.3) is 0 Å². The van der Waals surface area contributed by atoms with Crippen LogP contribution in [0.4, 0.5) is 4.79 Å². The second kappa shape index (κ2) is 9.10. The minimum atomic E-state index is -0.341. The lowest BCUT2D eigenvalue weighted by molar-refractivity contribution is 0.125. The maximum absolute atomic E-state index is 11.7. The molecule has 1 aromatic carbocycles. The molecule has 0 atom stereocenters. The molecule has 120 valence electrons. The summed E-state index contributed by atoms with van der Waals surface area (Å²) in [7, 11) is 0. The Morgan fingerprint density at radius 1 is 1.27 bits per heavy atom. The molecule has 1 aliphatic rings. The summed E-state index contributed by atoms with van der Waals surface area (Å²) < 4.78 is 10.3. The average Bonchev–Trinajstić information content (AvgIpc) is 2.51. The van der Waals surface area contributed by atoms with Crippen molar-refractivity contribution >= 4 is 6.09 Å². The van der Waals surface area contributed by atoms with E-state index in [1.54, 1.807) is 0 Å². The van der Waals surface area contributed by atoms with E-state index in [0.717, 1.165) is 31.4 Å². The Morgan fingerprint density at radius 2 is 2.05 bits per heavy atom. The molecular formula is C17H24N2O3. The number of hydrogen-bond acceptors (Lipinski definition) is 4. The zero-order chi connectivity index (χ0) is 15.6. The van der Waals surface area contributed by atoms with Gasteiger partial charge in [-0.05, 0) is 31.4 Å². The highest BCUT2D eigenvalue weighted by Crippen LogP contribution is 2.20. The van der Waals surface area contributed by atoms with E-state index in [0.29, 0.717) is 19.3 Å². The van der Waals surface area contributed by atoms with Crippen LogP contribution < -0.4 is 10.6 Å². The molecule has 0 radical (unpaired) electrons. The zero-order valence-electron chi connectivity index (χ0n) is 12.8. The van der Waals surface area contributed by atoms with Gasteiger partial charge in [0, 0.05) is 12.1 Å². The van der Waals surface area contributed by atoms with E-state index in [-0.39, 0.29) is 12.1 Å². The molecule has 0 heterocycles. The van der Waals surface area contributed by atoms with Crippen molar-refractivity contribution in [3.63, 3.8) is 0 Å². The fourth-order valence-corrected chi connectivity index (χ4v) is 2.38.